The first-order chi connectivity index (χ1) is 7.13. The zero-order valence-electron chi connectivity index (χ0n) is 7.71. The van der Waals surface area contributed by atoms with E-state index >= 15 is 0 Å². The lowest BCUT2D eigenvalue weighted by molar-refractivity contribution is 0.0891. The van der Waals surface area contributed by atoms with E-state index in [1.54, 1.807) is 0 Å². The van der Waals surface area contributed by atoms with Gasteiger partial charge in [0.2, 0.25) is 0 Å². The molecule has 0 aromatic carbocycles. The molecular formula is C10H8F2N2O. The Morgan fingerprint density at radius 1 is 1.60 bits per heavy atom. The van der Waals surface area contributed by atoms with Gasteiger partial charge in [0.15, 0.2) is 0 Å². The Labute approximate surface area is 85.5 Å². The standard InChI is InChI=1S/C10H8F2N2O/c1-2-7-3-8(5-13-4-7)10(15)14-6-9(11)12/h1,3-5,9H,6H2,(H,14,15). The number of amides is 1. The second-order valence-corrected chi connectivity index (χ2v) is 2.71. The van der Waals surface area contributed by atoms with Crippen molar-refractivity contribution in [1.29, 1.82) is 0 Å². The highest BCUT2D eigenvalue weighted by molar-refractivity contribution is 5.94. The average Bonchev–Trinajstić information content (AvgIpc) is 2.26. The summed E-state index contributed by atoms with van der Waals surface area (Å²) < 4.78 is 23.6. The molecule has 1 heterocycles. The van der Waals surface area contributed by atoms with Crippen LogP contribution in [0.4, 0.5) is 8.78 Å². The minimum atomic E-state index is -2.57. The lowest BCUT2D eigenvalue weighted by Crippen LogP contribution is -2.28. The molecule has 0 atom stereocenters. The van der Waals surface area contributed by atoms with Gasteiger partial charge < -0.3 is 5.32 Å². The maximum absolute atomic E-state index is 11.8. The molecule has 0 radical (unpaired) electrons. The van der Waals surface area contributed by atoms with E-state index in [0.717, 1.165) is 0 Å². The van der Waals surface area contributed by atoms with Crippen molar-refractivity contribution >= 4 is 5.91 Å². The van der Waals surface area contributed by atoms with Crippen LogP contribution >= 0.6 is 0 Å². The van der Waals surface area contributed by atoms with Gasteiger partial charge in [-0.05, 0) is 6.07 Å². The van der Waals surface area contributed by atoms with Crippen molar-refractivity contribution in [3.8, 4) is 12.3 Å². The third-order valence-corrected chi connectivity index (χ3v) is 1.58. The topological polar surface area (TPSA) is 42.0 Å². The van der Waals surface area contributed by atoms with Gasteiger partial charge in [-0.3, -0.25) is 9.78 Å². The van der Waals surface area contributed by atoms with E-state index in [-0.39, 0.29) is 5.56 Å². The SMILES string of the molecule is C#Cc1cncc(C(=O)NCC(F)F)c1. The summed E-state index contributed by atoms with van der Waals surface area (Å²) in [4.78, 5) is 15.0. The predicted molar refractivity (Wildman–Crippen MR) is 50.5 cm³/mol. The zero-order chi connectivity index (χ0) is 11.3. The second-order valence-electron chi connectivity index (χ2n) is 2.71. The number of halogens is 2. The van der Waals surface area contributed by atoms with Gasteiger partial charge in [0.05, 0.1) is 12.1 Å². The van der Waals surface area contributed by atoms with E-state index in [2.05, 4.69) is 16.2 Å². The van der Waals surface area contributed by atoms with E-state index in [4.69, 9.17) is 6.42 Å². The fourth-order valence-corrected chi connectivity index (χ4v) is 0.915. The second kappa shape index (κ2) is 5.05. The number of hydrogen-bond donors (Lipinski definition) is 1. The normalized spacial score (nSPS) is 9.73. The van der Waals surface area contributed by atoms with E-state index in [0.29, 0.717) is 5.56 Å². The molecule has 1 aromatic rings. The quantitative estimate of drug-likeness (QED) is 0.758. The Balaban J connectivity index is 2.70. The highest BCUT2D eigenvalue weighted by atomic mass is 19.3. The van der Waals surface area contributed by atoms with E-state index < -0.39 is 18.9 Å². The van der Waals surface area contributed by atoms with Crippen molar-refractivity contribution in [3.63, 3.8) is 0 Å². The molecule has 1 N–H and O–H groups in total. The van der Waals surface area contributed by atoms with Gasteiger partial charge in [-0.1, -0.05) is 5.92 Å². The lowest BCUT2D eigenvalue weighted by atomic mass is 10.2. The van der Waals surface area contributed by atoms with E-state index in [9.17, 15) is 13.6 Å². The molecular weight excluding hydrogens is 202 g/mol. The van der Waals surface area contributed by atoms with Crippen molar-refractivity contribution in [2.75, 3.05) is 6.54 Å². The van der Waals surface area contributed by atoms with Crippen molar-refractivity contribution in [2.45, 2.75) is 6.43 Å². The number of alkyl halides is 2. The molecule has 15 heavy (non-hydrogen) atoms. The molecule has 0 saturated carbocycles. The van der Waals surface area contributed by atoms with Crippen molar-refractivity contribution in [3.05, 3.63) is 29.6 Å². The number of carbonyl (C=O) groups is 1. The molecule has 3 nitrogen and oxygen atoms in total. The summed E-state index contributed by atoms with van der Waals surface area (Å²) in [6, 6.07) is 1.41. The minimum absolute atomic E-state index is 0.172. The third-order valence-electron chi connectivity index (χ3n) is 1.58. The summed E-state index contributed by atoms with van der Waals surface area (Å²) in [6.07, 6.45) is 5.20. The molecule has 0 aliphatic carbocycles. The van der Waals surface area contributed by atoms with Crippen LogP contribution in [0.3, 0.4) is 0 Å². The Kier molecular flexibility index (Phi) is 3.75. The molecule has 0 fully saturated rings. The van der Waals surface area contributed by atoms with Crippen LogP contribution in [0.25, 0.3) is 0 Å². The molecule has 0 unspecified atom stereocenters. The highest BCUT2D eigenvalue weighted by Crippen LogP contribution is 2.01. The molecule has 0 aliphatic heterocycles. The Hall–Kier alpha value is -1.96. The summed E-state index contributed by atoms with van der Waals surface area (Å²) in [5.41, 5.74) is 0.603. The molecule has 0 bridgehead atoms. The number of nitrogens with one attached hydrogen (secondary N) is 1. The van der Waals surface area contributed by atoms with Crippen LogP contribution in [0.1, 0.15) is 15.9 Å². The third kappa shape index (κ3) is 3.35. The first-order valence-corrected chi connectivity index (χ1v) is 4.11. The number of hydrogen-bond acceptors (Lipinski definition) is 2. The number of aromatic nitrogens is 1. The van der Waals surface area contributed by atoms with Gasteiger partial charge in [0.1, 0.15) is 0 Å². The zero-order valence-corrected chi connectivity index (χ0v) is 7.71. The molecule has 0 saturated heterocycles. The summed E-state index contributed by atoms with van der Waals surface area (Å²) >= 11 is 0. The Bertz CT molecular complexity index is 399. The van der Waals surface area contributed by atoms with Crippen molar-refractivity contribution < 1.29 is 13.6 Å². The number of terminal acetylenes is 1. The monoisotopic (exact) mass is 210 g/mol. The van der Waals surface area contributed by atoms with E-state index in [1.165, 1.54) is 18.5 Å². The molecule has 0 aliphatic rings. The number of nitrogens with zero attached hydrogens (tertiary/aromatic N) is 1. The van der Waals surface area contributed by atoms with Crippen LogP contribution < -0.4 is 5.32 Å². The van der Waals surface area contributed by atoms with Crippen LogP contribution in [-0.2, 0) is 0 Å². The molecule has 1 rings (SSSR count). The smallest absolute Gasteiger partial charge is 0.255 e. The van der Waals surface area contributed by atoms with Crippen LogP contribution in [0.2, 0.25) is 0 Å². The first kappa shape index (κ1) is 11.1. The number of pyridine rings is 1. The summed E-state index contributed by atoms with van der Waals surface area (Å²) in [5.74, 6) is 1.69. The maximum Gasteiger partial charge on any atom is 0.255 e. The molecule has 0 spiro atoms. The summed E-state index contributed by atoms with van der Waals surface area (Å²) in [7, 11) is 0. The fraction of sp³-hybridized carbons (Fsp3) is 0.200. The van der Waals surface area contributed by atoms with Gasteiger partial charge in [0.25, 0.3) is 12.3 Å². The predicted octanol–water partition coefficient (Wildman–Crippen LogP) is 1.06. The maximum atomic E-state index is 11.8. The number of carbonyl (C=O) groups excluding carboxylic acids is 1. The highest BCUT2D eigenvalue weighted by Gasteiger charge is 2.09. The lowest BCUT2D eigenvalue weighted by Gasteiger charge is -2.03. The van der Waals surface area contributed by atoms with E-state index in [1.807, 2.05) is 0 Å². The number of rotatable bonds is 3. The van der Waals surface area contributed by atoms with Gasteiger partial charge in [-0.15, -0.1) is 6.42 Å². The largest absolute Gasteiger partial charge is 0.346 e. The Morgan fingerprint density at radius 3 is 2.93 bits per heavy atom. The average molecular weight is 210 g/mol. The van der Waals surface area contributed by atoms with Crippen molar-refractivity contribution in [1.82, 2.24) is 10.3 Å². The molecule has 78 valence electrons. The van der Waals surface area contributed by atoms with Gasteiger partial charge >= 0.3 is 0 Å². The van der Waals surface area contributed by atoms with Crippen LogP contribution in [-0.4, -0.2) is 23.9 Å². The molecule has 1 amide bonds. The van der Waals surface area contributed by atoms with Gasteiger partial charge in [-0.2, -0.15) is 0 Å². The minimum Gasteiger partial charge on any atom is -0.346 e. The van der Waals surface area contributed by atoms with Crippen LogP contribution in [0.5, 0.6) is 0 Å². The fourth-order valence-electron chi connectivity index (χ4n) is 0.915. The van der Waals surface area contributed by atoms with Gasteiger partial charge in [0, 0.05) is 18.0 Å². The Morgan fingerprint density at radius 2 is 2.33 bits per heavy atom. The van der Waals surface area contributed by atoms with Crippen LogP contribution in [0, 0.1) is 12.3 Å². The van der Waals surface area contributed by atoms with Crippen LogP contribution in [0.15, 0.2) is 18.5 Å². The van der Waals surface area contributed by atoms with Gasteiger partial charge in [-0.25, -0.2) is 8.78 Å². The summed E-state index contributed by atoms with van der Waals surface area (Å²) in [5, 5.41) is 2.05. The first-order valence-electron chi connectivity index (χ1n) is 4.11. The van der Waals surface area contributed by atoms with Crippen molar-refractivity contribution in [2.24, 2.45) is 0 Å². The molecule has 5 heteroatoms. The molecule has 1 aromatic heterocycles. The summed E-state index contributed by atoms with van der Waals surface area (Å²) in [6.45, 7) is -0.681.